The average Bonchev–Trinajstić information content (AvgIpc) is 3.10. The minimum Gasteiger partial charge on any atom is -0.378 e. The van der Waals surface area contributed by atoms with E-state index in [0.717, 1.165) is 13.0 Å². The largest absolute Gasteiger partial charge is 0.378 e. The number of carbonyl (C=O) groups is 2. The minimum atomic E-state index is -0.101. The Morgan fingerprint density at radius 3 is 2.74 bits per heavy atom. The van der Waals surface area contributed by atoms with E-state index in [1.807, 2.05) is 0 Å². The van der Waals surface area contributed by atoms with Crippen molar-refractivity contribution < 1.29 is 14.3 Å². The molecule has 0 saturated carbocycles. The molecule has 2 N–H and O–H groups in total. The molecule has 1 aromatic rings. The molecule has 0 aliphatic carbocycles. The van der Waals surface area contributed by atoms with Gasteiger partial charge in [0.2, 0.25) is 5.91 Å². The summed E-state index contributed by atoms with van der Waals surface area (Å²) in [5.74, 6) is -0.127. The molecule has 2 aliphatic heterocycles. The molecule has 23 heavy (non-hydrogen) atoms. The third-order valence-corrected chi connectivity index (χ3v) is 4.51. The van der Waals surface area contributed by atoms with Gasteiger partial charge in [-0.15, -0.1) is 0 Å². The van der Waals surface area contributed by atoms with Gasteiger partial charge in [-0.25, -0.2) is 0 Å². The fraction of sp³-hybridized carbons (Fsp3) is 0.500. The summed E-state index contributed by atoms with van der Waals surface area (Å²) < 4.78 is 5.25. The van der Waals surface area contributed by atoms with Crippen LogP contribution in [0.2, 0.25) is 5.02 Å². The predicted molar refractivity (Wildman–Crippen MR) is 87.8 cm³/mol. The lowest BCUT2D eigenvalue weighted by atomic mass is 10.1. The molecule has 1 aromatic carbocycles. The van der Waals surface area contributed by atoms with Gasteiger partial charge in [-0.1, -0.05) is 11.6 Å². The summed E-state index contributed by atoms with van der Waals surface area (Å²) in [4.78, 5) is 26.3. The van der Waals surface area contributed by atoms with Crippen molar-refractivity contribution in [2.75, 3.05) is 44.7 Å². The van der Waals surface area contributed by atoms with Crippen LogP contribution in [-0.4, -0.2) is 56.1 Å². The van der Waals surface area contributed by atoms with Gasteiger partial charge in [-0.2, -0.15) is 0 Å². The smallest absolute Gasteiger partial charge is 0.255 e. The van der Waals surface area contributed by atoms with Crippen LogP contribution in [0.25, 0.3) is 0 Å². The lowest BCUT2D eigenvalue weighted by Crippen LogP contribution is -2.40. The maximum Gasteiger partial charge on any atom is 0.255 e. The number of halogens is 1. The number of amides is 2. The fourth-order valence-corrected chi connectivity index (χ4v) is 3.09. The van der Waals surface area contributed by atoms with Crippen LogP contribution in [0, 0.1) is 5.92 Å². The van der Waals surface area contributed by atoms with Gasteiger partial charge in [-0.3, -0.25) is 9.59 Å². The fourth-order valence-electron chi connectivity index (χ4n) is 2.83. The molecule has 1 unspecified atom stereocenters. The minimum absolute atomic E-state index is 0.0107. The monoisotopic (exact) mass is 337 g/mol. The van der Waals surface area contributed by atoms with Crippen LogP contribution >= 0.6 is 11.6 Å². The molecular weight excluding hydrogens is 318 g/mol. The van der Waals surface area contributed by atoms with Gasteiger partial charge >= 0.3 is 0 Å². The quantitative estimate of drug-likeness (QED) is 0.873. The Morgan fingerprint density at radius 2 is 2.09 bits per heavy atom. The van der Waals surface area contributed by atoms with Gasteiger partial charge in [0.15, 0.2) is 0 Å². The standard InChI is InChI=1S/C16H20ClN3O3/c17-14-9-12(19-15(21)11-3-4-18-10-11)1-2-13(14)16(22)20-5-7-23-8-6-20/h1-2,9,11,18H,3-8,10H2,(H,19,21). The van der Waals surface area contributed by atoms with Gasteiger partial charge in [0.25, 0.3) is 5.91 Å². The van der Waals surface area contributed by atoms with E-state index in [-0.39, 0.29) is 17.7 Å². The highest BCUT2D eigenvalue weighted by molar-refractivity contribution is 6.34. The summed E-state index contributed by atoms with van der Waals surface area (Å²) in [6.45, 7) is 3.81. The summed E-state index contributed by atoms with van der Waals surface area (Å²) in [6, 6.07) is 5.03. The third kappa shape index (κ3) is 3.83. The van der Waals surface area contributed by atoms with Crippen molar-refractivity contribution in [3.8, 4) is 0 Å². The average molecular weight is 338 g/mol. The molecule has 0 spiro atoms. The molecule has 1 atom stereocenters. The molecule has 2 heterocycles. The Hall–Kier alpha value is -1.63. The molecule has 2 aliphatic rings. The number of nitrogens with one attached hydrogen (secondary N) is 2. The Kier molecular flexibility index (Phi) is 5.15. The van der Waals surface area contributed by atoms with Crippen molar-refractivity contribution in [3.05, 3.63) is 28.8 Å². The van der Waals surface area contributed by atoms with Crippen LogP contribution in [0.15, 0.2) is 18.2 Å². The molecule has 2 fully saturated rings. The van der Waals surface area contributed by atoms with Gasteiger partial charge in [0.05, 0.1) is 29.7 Å². The van der Waals surface area contributed by atoms with Crippen molar-refractivity contribution in [1.29, 1.82) is 0 Å². The van der Waals surface area contributed by atoms with E-state index in [1.54, 1.807) is 23.1 Å². The highest BCUT2D eigenvalue weighted by Gasteiger charge is 2.24. The van der Waals surface area contributed by atoms with E-state index in [4.69, 9.17) is 16.3 Å². The SMILES string of the molecule is O=C(Nc1ccc(C(=O)N2CCOCC2)c(Cl)c1)C1CCNC1. The molecule has 2 amide bonds. The number of ether oxygens (including phenoxy) is 1. The first-order chi connectivity index (χ1) is 11.1. The lowest BCUT2D eigenvalue weighted by molar-refractivity contribution is -0.119. The van der Waals surface area contributed by atoms with Crippen molar-refractivity contribution >= 4 is 29.1 Å². The maximum absolute atomic E-state index is 12.5. The zero-order chi connectivity index (χ0) is 16.2. The van der Waals surface area contributed by atoms with Crippen LogP contribution in [-0.2, 0) is 9.53 Å². The van der Waals surface area contributed by atoms with E-state index in [1.165, 1.54) is 0 Å². The Labute approximate surface area is 140 Å². The lowest BCUT2D eigenvalue weighted by Gasteiger charge is -2.27. The van der Waals surface area contributed by atoms with Gasteiger partial charge < -0.3 is 20.3 Å². The molecule has 2 saturated heterocycles. The first kappa shape index (κ1) is 16.2. The first-order valence-electron chi connectivity index (χ1n) is 7.83. The molecule has 3 rings (SSSR count). The number of rotatable bonds is 3. The molecule has 0 bridgehead atoms. The molecular formula is C16H20ClN3O3. The highest BCUT2D eigenvalue weighted by atomic mass is 35.5. The van der Waals surface area contributed by atoms with Gasteiger partial charge in [0, 0.05) is 25.3 Å². The number of nitrogens with zero attached hydrogens (tertiary/aromatic N) is 1. The number of hydrogen-bond acceptors (Lipinski definition) is 4. The number of hydrogen-bond donors (Lipinski definition) is 2. The van der Waals surface area contributed by atoms with Crippen molar-refractivity contribution in [3.63, 3.8) is 0 Å². The second-order valence-electron chi connectivity index (χ2n) is 5.78. The topological polar surface area (TPSA) is 70.7 Å². The second kappa shape index (κ2) is 7.29. The summed E-state index contributed by atoms with van der Waals surface area (Å²) in [6.07, 6.45) is 0.840. The Morgan fingerprint density at radius 1 is 1.30 bits per heavy atom. The normalized spacial score (nSPS) is 21.3. The van der Waals surface area contributed by atoms with Crippen LogP contribution in [0.1, 0.15) is 16.8 Å². The molecule has 0 radical (unpaired) electrons. The zero-order valence-electron chi connectivity index (χ0n) is 12.8. The number of morpholine rings is 1. The molecule has 6 nitrogen and oxygen atoms in total. The summed E-state index contributed by atoms with van der Waals surface area (Å²) in [7, 11) is 0. The Bertz CT molecular complexity index is 596. The summed E-state index contributed by atoms with van der Waals surface area (Å²) >= 11 is 6.24. The highest BCUT2D eigenvalue weighted by Crippen LogP contribution is 2.23. The maximum atomic E-state index is 12.5. The van der Waals surface area contributed by atoms with Crippen molar-refractivity contribution in [1.82, 2.24) is 10.2 Å². The van der Waals surface area contributed by atoms with Gasteiger partial charge in [0.1, 0.15) is 0 Å². The van der Waals surface area contributed by atoms with E-state index < -0.39 is 0 Å². The van der Waals surface area contributed by atoms with E-state index in [2.05, 4.69) is 10.6 Å². The number of carbonyl (C=O) groups excluding carboxylic acids is 2. The number of benzene rings is 1. The molecule has 0 aromatic heterocycles. The molecule has 124 valence electrons. The van der Waals surface area contributed by atoms with Crippen LogP contribution in [0.3, 0.4) is 0 Å². The summed E-state index contributed by atoms with van der Waals surface area (Å²) in [5, 5.41) is 6.38. The van der Waals surface area contributed by atoms with Crippen LogP contribution in [0.5, 0.6) is 0 Å². The Balaban J connectivity index is 1.67. The van der Waals surface area contributed by atoms with Gasteiger partial charge in [-0.05, 0) is 31.2 Å². The third-order valence-electron chi connectivity index (χ3n) is 4.20. The second-order valence-corrected chi connectivity index (χ2v) is 6.19. The van der Waals surface area contributed by atoms with E-state index in [9.17, 15) is 9.59 Å². The van der Waals surface area contributed by atoms with Crippen LogP contribution in [0.4, 0.5) is 5.69 Å². The number of anilines is 1. The van der Waals surface area contributed by atoms with Crippen molar-refractivity contribution in [2.45, 2.75) is 6.42 Å². The molecule has 7 heteroatoms. The van der Waals surface area contributed by atoms with Crippen LogP contribution < -0.4 is 10.6 Å². The van der Waals surface area contributed by atoms with E-state index in [0.29, 0.717) is 49.1 Å². The summed E-state index contributed by atoms with van der Waals surface area (Å²) in [5.41, 5.74) is 1.07. The first-order valence-corrected chi connectivity index (χ1v) is 8.21. The predicted octanol–water partition coefficient (Wildman–Crippen LogP) is 1.36. The zero-order valence-corrected chi connectivity index (χ0v) is 13.6. The van der Waals surface area contributed by atoms with Crippen molar-refractivity contribution in [2.24, 2.45) is 5.92 Å². The van der Waals surface area contributed by atoms with E-state index >= 15 is 0 Å².